The Morgan fingerprint density at radius 3 is 0.655 bits per heavy atom. The van der Waals surface area contributed by atoms with Crippen molar-refractivity contribution in [3.8, 4) is 0 Å². The minimum Gasteiger partial charge on any atom is -0.270 e. The van der Waals surface area contributed by atoms with Gasteiger partial charge in [0.25, 0.3) is 29.0 Å². The Balaban J connectivity index is 2.87. The first-order valence-electron chi connectivity index (χ1n) is 10.0. The Hall–Kier alpha value is -2.12. The SMILES string of the molecule is CC(C)(C)N1C(=O)C2(C(=O)N1C(C)(C)C)C(=O)N(C(C)(C)C)N(C(C)(C)C)C2=O. The van der Waals surface area contributed by atoms with Gasteiger partial charge in [0.2, 0.25) is 0 Å². The van der Waals surface area contributed by atoms with E-state index in [1.54, 1.807) is 83.1 Å². The van der Waals surface area contributed by atoms with Gasteiger partial charge in [-0.05, 0) is 83.1 Å². The van der Waals surface area contributed by atoms with Crippen LogP contribution in [0.2, 0.25) is 0 Å². The fraction of sp³-hybridized carbons (Fsp3) is 0.810. The molecule has 0 aromatic rings. The molecule has 0 saturated carbocycles. The van der Waals surface area contributed by atoms with Crippen LogP contribution in [0.5, 0.6) is 0 Å². The highest BCUT2D eigenvalue weighted by molar-refractivity contribution is 6.41. The van der Waals surface area contributed by atoms with Crippen molar-refractivity contribution in [1.82, 2.24) is 20.0 Å². The molecule has 2 fully saturated rings. The number of carbonyl (C=O) groups is 4. The van der Waals surface area contributed by atoms with Crippen LogP contribution in [-0.2, 0) is 19.2 Å². The summed E-state index contributed by atoms with van der Waals surface area (Å²) in [6, 6.07) is 0. The van der Waals surface area contributed by atoms with Crippen LogP contribution in [0.15, 0.2) is 0 Å². The van der Waals surface area contributed by atoms with Crippen LogP contribution in [0.25, 0.3) is 0 Å². The first-order valence-corrected chi connectivity index (χ1v) is 10.0. The molecule has 0 N–H and O–H groups in total. The number of nitrogens with zero attached hydrogens (tertiary/aromatic N) is 4. The van der Waals surface area contributed by atoms with Gasteiger partial charge in [-0.25, -0.2) is 20.0 Å². The third-order valence-electron chi connectivity index (χ3n) is 4.99. The second kappa shape index (κ2) is 5.95. The zero-order chi connectivity index (χ0) is 23.1. The number of hydrogen-bond donors (Lipinski definition) is 0. The fourth-order valence-corrected chi connectivity index (χ4v) is 3.97. The van der Waals surface area contributed by atoms with Crippen molar-refractivity contribution < 1.29 is 19.2 Å². The molecule has 2 heterocycles. The molecule has 0 radical (unpaired) electrons. The lowest BCUT2D eigenvalue weighted by Gasteiger charge is -2.44. The highest BCUT2D eigenvalue weighted by Crippen LogP contribution is 2.49. The van der Waals surface area contributed by atoms with Crippen molar-refractivity contribution in [2.24, 2.45) is 5.41 Å². The van der Waals surface area contributed by atoms with E-state index in [-0.39, 0.29) is 0 Å². The van der Waals surface area contributed by atoms with Gasteiger partial charge in [0, 0.05) is 0 Å². The van der Waals surface area contributed by atoms with Crippen LogP contribution in [-0.4, -0.2) is 65.8 Å². The lowest BCUT2D eigenvalue weighted by atomic mass is 9.84. The Bertz CT molecular complexity index is 641. The first kappa shape index (κ1) is 23.2. The Morgan fingerprint density at radius 2 is 0.552 bits per heavy atom. The van der Waals surface area contributed by atoms with Gasteiger partial charge in [0.1, 0.15) is 0 Å². The Labute approximate surface area is 174 Å². The fourth-order valence-electron chi connectivity index (χ4n) is 3.97. The molecule has 2 aliphatic rings. The smallest absolute Gasteiger partial charge is 0.270 e. The van der Waals surface area contributed by atoms with E-state index in [1.807, 2.05) is 0 Å². The van der Waals surface area contributed by atoms with E-state index in [0.29, 0.717) is 0 Å². The molecule has 2 rings (SSSR count). The minimum absolute atomic E-state index is 0.777. The molecule has 29 heavy (non-hydrogen) atoms. The van der Waals surface area contributed by atoms with Crippen molar-refractivity contribution in [2.45, 2.75) is 105 Å². The van der Waals surface area contributed by atoms with Gasteiger partial charge >= 0.3 is 0 Å². The van der Waals surface area contributed by atoms with E-state index in [4.69, 9.17) is 0 Å². The summed E-state index contributed by atoms with van der Waals surface area (Å²) in [4.78, 5) is 55.1. The summed E-state index contributed by atoms with van der Waals surface area (Å²) in [5.41, 5.74) is -5.61. The predicted octanol–water partition coefficient (Wildman–Crippen LogP) is 2.34. The van der Waals surface area contributed by atoms with Gasteiger partial charge in [-0.2, -0.15) is 0 Å². The highest BCUT2D eigenvalue weighted by atomic mass is 16.2. The van der Waals surface area contributed by atoms with Crippen molar-refractivity contribution in [3.05, 3.63) is 0 Å². The first-order chi connectivity index (χ1) is 12.6. The monoisotopic (exact) mass is 408 g/mol. The summed E-state index contributed by atoms with van der Waals surface area (Å²) >= 11 is 0. The topological polar surface area (TPSA) is 81.2 Å². The standard InChI is InChI=1S/C21H36N4O4/c1-17(2,3)22-13(26)21(14(27)23(22)18(4,5)6)15(28)24(19(7,8)9)25(16(21)29)20(10,11)12/h1-12H3. The van der Waals surface area contributed by atoms with E-state index < -0.39 is 51.2 Å². The summed E-state index contributed by atoms with van der Waals surface area (Å²) in [5, 5.41) is 5.16. The number of hydrazine groups is 2. The van der Waals surface area contributed by atoms with Gasteiger partial charge in [0.05, 0.1) is 22.2 Å². The summed E-state index contributed by atoms with van der Waals surface area (Å²) in [5.74, 6) is -3.11. The Kier molecular flexibility index (Phi) is 4.75. The maximum Gasteiger partial charge on any atom is 0.290 e. The molecule has 0 unspecified atom stereocenters. The van der Waals surface area contributed by atoms with Gasteiger partial charge in [-0.1, -0.05) is 0 Å². The summed E-state index contributed by atoms with van der Waals surface area (Å²) < 4.78 is 0. The number of hydrogen-bond acceptors (Lipinski definition) is 4. The Morgan fingerprint density at radius 1 is 0.414 bits per heavy atom. The minimum atomic E-state index is -2.42. The summed E-state index contributed by atoms with van der Waals surface area (Å²) in [6.45, 7) is 21.4. The second-order valence-electron chi connectivity index (χ2n) is 11.9. The van der Waals surface area contributed by atoms with Crippen LogP contribution >= 0.6 is 0 Å². The van der Waals surface area contributed by atoms with Crippen molar-refractivity contribution in [3.63, 3.8) is 0 Å². The van der Waals surface area contributed by atoms with Crippen LogP contribution in [0, 0.1) is 5.41 Å². The molecule has 2 saturated heterocycles. The lowest BCUT2D eigenvalue weighted by Crippen LogP contribution is -2.58. The molecule has 0 bridgehead atoms. The van der Waals surface area contributed by atoms with Crippen LogP contribution < -0.4 is 0 Å². The third-order valence-corrected chi connectivity index (χ3v) is 4.99. The van der Waals surface area contributed by atoms with Gasteiger partial charge < -0.3 is 0 Å². The third kappa shape index (κ3) is 3.02. The normalized spacial score (nSPS) is 21.4. The number of rotatable bonds is 0. The molecule has 0 atom stereocenters. The molecule has 0 aromatic heterocycles. The molecular weight excluding hydrogens is 372 g/mol. The molecule has 4 amide bonds. The van der Waals surface area contributed by atoms with E-state index in [9.17, 15) is 19.2 Å². The average molecular weight is 409 g/mol. The van der Waals surface area contributed by atoms with Gasteiger partial charge in [0.15, 0.2) is 0 Å². The molecule has 0 aliphatic carbocycles. The van der Waals surface area contributed by atoms with E-state index in [2.05, 4.69) is 0 Å². The zero-order valence-electron chi connectivity index (χ0n) is 19.9. The molecule has 8 nitrogen and oxygen atoms in total. The van der Waals surface area contributed by atoms with Crippen LogP contribution in [0.4, 0.5) is 0 Å². The molecule has 2 aliphatic heterocycles. The van der Waals surface area contributed by atoms with Gasteiger partial charge in [-0.15, -0.1) is 0 Å². The lowest BCUT2D eigenvalue weighted by molar-refractivity contribution is -0.170. The van der Waals surface area contributed by atoms with Crippen LogP contribution in [0.3, 0.4) is 0 Å². The second-order valence-corrected chi connectivity index (χ2v) is 11.9. The summed E-state index contributed by atoms with van der Waals surface area (Å²) in [7, 11) is 0. The number of amides is 4. The summed E-state index contributed by atoms with van der Waals surface area (Å²) in [6.07, 6.45) is 0. The number of carbonyl (C=O) groups excluding carboxylic acids is 4. The predicted molar refractivity (Wildman–Crippen MR) is 109 cm³/mol. The molecule has 164 valence electrons. The molecule has 0 aromatic carbocycles. The molecule has 1 spiro atoms. The highest BCUT2D eigenvalue weighted by Gasteiger charge is 2.78. The maximum atomic E-state index is 13.8. The van der Waals surface area contributed by atoms with E-state index in [0.717, 1.165) is 0 Å². The maximum absolute atomic E-state index is 13.8. The van der Waals surface area contributed by atoms with Crippen LogP contribution in [0.1, 0.15) is 83.1 Å². The van der Waals surface area contributed by atoms with Gasteiger partial charge in [-0.3, -0.25) is 19.2 Å². The van der Waals surface area contributed by atoms with Crippen molar-refractivity contribution in [1.29, 1.82) is 0 Å². The van der Waals surface area contributed by atoms with E-state index in [1.165, 1.54) is 20.0 Å². The van der Waals surface area contributed by atoms with Crippen molar-refractivity contribution >= 4 is 23.6 Å². The zero-order valence-corrected chi connectivity index (χ0v) is 19.9. The largest absolute Gasteiger partial charge is 0.290 e. The molecular formula is C21H36N4O4. The quantitative estimate of drug-likeness (QED) is 0.576. The molecule has 8 heteroatoms. The van der Waals surface area contributed by atoms with E-state index >= 15 is 0 Å². The average Bonchev–Trinajstić information content (AvgIpc) is 2.83. The van der Waals surface area contributed by atoms with Crippen molar-refractivity contribution in [2.75, 3.05) is 0 Å².